The predicted molar refractivity (Wildman–Crippen MR) is 57.8 cm³/mol. The van der Waals surface area contributed by atoms with Crippen molar-refractivity contribution in [1.29, 1.82) is 0 Å². The van der Waals surface area contributed by atoms with E-state index in [4.69, 9.17) is 10.5 Å². The first-order valence-corrected chi connectivity index (χ1v) is 5.15. The SMILES string of the molecule is Cc1nccc(N2CCOCC2CN)n1. The Kier molecular flexibility index (Phi) is 3.13. The van der Waals surface area contributed by atoms with Crippen LogP contribution in [0.15, 0.2) is 12.3 Å². The van der Waals surface area contributed by atoms with Gasteiger partial charge in [-0.1, -0.05) is 0 Å². The number of nitrogens with zero attached hydrogens (tertiary/aromatic N) is 3. The lowest BCUT2D eigenvalue weighted by atomic mass is 10.2. The lowest BCUT2D eigenvalue weighted by Gasteiger charge is -2.35. The first-order chi connectivity index (χ1) is 7.31. The number of aromatic nitrogens is 2. The normalized spacial score (nSPS) is 21.7. The highest BCUT2D eigenvalue weighted by atomic mass is 16.5. The molecule has 1 aliphatic heterocycles. The maximum absolute atomic E-state index is 5.70. The number of nitrogens with two attached hydrogens (primary N) is 1. The summed E-state index contributed by atoms with van der Waals surface area (Å²) >= 11 is 0. The van der Waals surface area contributed by atoms with Crippen LogP contribution in [0.25, 0.3) is 0 Å². The van der Waals surface area contributed by atoms with E-state index < -0.39 is 0 Å². The van der Waals surface area contributed by atoms with Gasteiger partial charge in [-0.3, -0.25) is 0 Å². The number of hydrogen-bond donors (Lipinski definition) is 1. The minimum absolute atomic E-state index is 0.230. The van der Waals surface area contributed by atoms with Crippen LogP contribution >= 0.6 is 0 Å². The topological polar surface area (TPSA) is 64.3 Å². The van der Waals surface area contributed by atoms with Crippen LogP contribution in [0.2, 0.25) is 0 Å². The monoisotopic (exact) mass is 208 g/mol. The van der Waals surface area contributed by atoms with Crippen molar-refractivity contribution in [2.24, 2.45) is 5.73 Å². The molecular weight excluding hydrogens is 192 g/mol. The fourth-order valence-electron chi connectivity index (χ4n) is 1.76. The Labute approximate surface area is 89.3 Å². The van der Waals surface area contributed by atoms with Gasteiger partial charge in [-0.05, 0) is 13.0 Å². The van der Waals surface area contributed by atoms with Crippen molar-refractivity contribution in [2.75, 3.05) is 31.2 Å². The third-order valence-corrected chi connectivity index (χ3v) is 2.56. The molecule has 1 unspecified atom stereocenters. The highest BCUT2D eigenvalue weighted by molar-refractivity contribution is 5.39. The van der Waals surface area contributed by atoms with Crippen LogP contribution in [0.4, 0.5) is 5.82 Å². The standard InChI is InChI=1S/C10H16N4O/c1-8-12-3-2-10(13-8)14-4-5-15-7-9(14)6-11/h2-3,9H,4-7,11H2,1H3. The minimum Gasteiger partial charge on any atom is -0.377 e. The fourth-order valence-corrected chi connectivity index (χ4v) is 1.76. The summed E-state index contributed by atoms with van der Waals surface area (Å²) in [5.74, 6) is 1.73. The third kappa shape index (κ3) is 2.24. The molecule has 0 radical (unpaired) electrons. The van der Waals surface area contributed by atoms with Gasteiger partial charge in [-0.15, -0.1) is 0 Å². The van der Waals surface area contributed by atoms with Gasteiger partial charge in [0.05, 0.1) is 19.3 Å². The van der Waals surface area contributed by atoms with E-state index in [9.17, 15) is 0 Å². The first kappa shape index (κ1) is 10.3. The van der Waals surface area contributed by atoms with Crippen LogP contribution in [0.3, 0.4) is 0 Å². The number of hydrogen-bond acceptors (Lipinski definition) is 5. The molecule has 2 heterocycles. The van der Waals surface area contributed by atoms with Crippen molar-refractivity contribution in [1.82, 2.24) is 9.97 Å². The van der Waals surface area contributed by atoms with E-state index in [0.717, 1.165) is 24.8 Å². The number of aryl methyl sites for hydroxylation is 1. The van der Waals surface area contributed by atoms with Gasteiger partial charge in [0.25, 0.3) is 0 Å². The zero-order valence-corrected chi connectivity index (χ0v) is 8.89. The number of rotatable bonds is 2. The average Bonchev–Trinajstić information content (AvgIpc) is 2.29. The van der Waals surface area contributed by atoms with Crippen molar-refractivity contribution in [2.45, 2.75) is 13.0 Å². The lowest BCUT2D eigenvalue weighted by molar-refractivity contribution is 0.0958. The Morgan fingerprint density at radius 1 is 1.67 bits per heavy atom. The zero-order chi connectivity index (χ0) is 10.7. The summed E-state index contributed by atoms with van der Waals surface area (Å²) in [5, 5.41) is 0. The van der Waals surface area contributed by atoms with Crippen LogP contribution in [0.1, 0.15) is 5.82 Å². The average molecular weight is 208 g/mol. The van der Waals surface area contributed by atoms with E-state index in [1.807, 2.05) is 13.0 Å². The third-order valence-electron chi connectivity index (χ3n) is 2.56. The molecule has 5 nitrogen and oxygen atoms in total. The molecule has 0 aromatic carbocycles. The van der Waals surface area contributed by atoms with Crippen LogP contribution in [-0.4, -0.2) is 42.3 Å². The van der Waals surface area contributed by atoms with Crippen LogP contribution in [0.5, 0.6) is 0 Å². The molecule has 5 heteroatoms. The molecule has 1 atom stereocenters. The van der Waals surface area contributed by atoms with Crippen molar-refractivity contribution >= 4 is 5.82 Å². The van der Waals surface area contributed by atoms with Crippen LogP contribution in [-0.2, 0) is 4.74 Å². The zero-order valence-electron chi connectivity index (χ0n) is 8.89. The molecule has 1 fully saturated rings. The molecule has 0 saturated carbocycles. The first-order valence-electron chi connectivity index (χ1n) is 5.15. The van der Waals surface area contributed by atoms with E-state index in [1.54, 1.807) is 6.20 Å². The maximum atomic E-state index is 5.70. The number of anilines is 1. The predicted octanol–water partition coefficient (Wildman–Crippen LogP) is -0.0511. The summed E-state index contributed by atoms with van der Waals surface area (Å²) in [5.41, 5.74) is 5.70. The second-order valence-corrected chi connectivity index (χ2v) is 3.62. The van der Waals surface area contributed by atoms with Gasteiger partial charge in [0.1, 0.15) is 11.6 Å². The Morgan fingerprint density at radius 2 is 2.53 bits per heavy atom. The van der Waals surface area contributed by atoms with E-state index in [0.29, 0.717) is 13.2 Å². The molecule has 2 rings (SSSR count). The van der Waals surface area contributed by atoms with E-state index in [1.165, 1.54) is 0 Å². The highest BCUT2D eigenvalue weighted by Gasteiger charge is 2.22. The summed E-state index contributed by atoms with van der Waals surface area (Å²) in [7, 11) is 0. The van der Waals surface area contributed by atoms with Crippen LogP contribution < -0.4 is 10.6 Å². The molecule has 1 aromatic heterocycles. The van der Waals surface area contributed by atoms with Crippen molar-refractivity contribution < 1.29 is 4.74 Å². The van der Waals surface area contributed by atoms with E-state index >= 15 is 0 Å². The summed E-state index contributed by atoms with van der Waals surface area (Å²) in [4.78, 5) is 10.7. The molecule has 1 aromatic rings. The number of morpholine rings is 1. The van der Waals surface area contributed by atoms with Crippen molar-refractivity contribution in [3.05, 3.63) is 18.1 Å². The molecule has 82 valence electrons. The van der Waals surface area contributed by atoms with Gasteiger partial charge >= 0.3 is 0 Å². The van der Waals surface area contributed by atoms with Gasteiger partial charge in [-0.25, -0.2) is 9.97 Å². The lowest BCUT2D eigenvalue weighted by Crippen LogP contribution is -2.49. The largest absolute Gasteiger partial charge is 0.377 e. The van der Waals surface area contributed by atoms with Gasteiger partial charge < -0.3 is 15.4 Å². The van der Waals surface area contributed by atoms with Gasteiger partial charge in [0, 0.05) is 19.3 Å². The quantitative estimate of drug-likeness (QED) is 0.738. The Hall–Kier alpha value is -1.20. The summed E-state index contributed by atoms with van der Waals surface area (Å²) in [6.45, 7) is 4.74. The molecule has 1 aliphatic rings. The molecular formula is C10H16N4O. The second-order valence-electron chi connectivity index (χ2n) is 3.62. The summed E-state index contributed by atoms with van der Waals surface area (Å²) < 4.78 is 5.39. The molecule has 1 saturated heterocycles. The Bertz CT molecular complexity index is 331. The van der Waals surface area contributed by atoms with E-state index in [-0.39, 0.29) is 6.04 Å². The molecule has 0 aliphatic carbocycles. The minimum atomic E-state index is 0.230. The molecule has 2 N–H and O–H groups in total. The summed E-state index contributed by atoms with van der Waals surface area (Å²) in [6, 6.07) is 2.15. The fraction of sp³-hybridized carbons (Fsp3) is 0.600. The highest BCUT2D eigenvalue weighted by Crippen LogP contribution is 2.15. The van der Waals surface area contributed by atoms with Gasteiger partial charge in [-0.2, -0.15) is 0 Å². The van der Waals surface area contributed by atoms with Crippen LogP contribution in [0, 0.1) is 6.92 Å². The van der Waals surface area contributed by atoms with Gasteiger partial charge in [0.2, 0.25) is 0 Å². The van der Waals surface area contributed by atoms with Crippen molar-refractivity contribution in [3.63, 3.8) is 0 Å². The summed E-state index contributed by atoms with van der Waals surface area (Å²) in [6.07, 6.45) is 1.78. The van der Waals surface area contributed by atoms with Gasteiger partial charge in [0.15, 0.2) is 0 Å². The Morgan fingerprint density at radius 3 is 3.27 bits per heavy atom. The Balaban J connectivity index is 2.20. The van der Waals surface area contributed by atoms with E-state index in [2.05, 4.69) is 14.9 Å². The maximum Gasteiger partial charge on any atom is 0.132 e. The molecule has 0 spiro atoms. The molecule has 0 bridgehead atoms. The molecule has 0 amide bonds. The molecule has 15 heavy (non-hydrogen) atoms. The van der Waals surface area contributed by atoms with Crippen molar-refractivity contribution in [3.8, 4) is 0 Å². The second kappa shape index (κ2) is 4.55. The smallest absolute Gasteiger partial charge is 0.132 e. The number of ether oxygens (including phenoxy) is 1.